The maximum atomic E-state index is 5.80. The van der Waals surface area contributed by atoms with Crippen LogP contribution in [0.5, 0.6) is 5.75 Å². The fourth-order valence-corrected chi connectivity index (χ4v) is 2.08. The van der Waals surface area contributed by atoms with Crippen LogP contribution in [0, 0.1) is 6.92 Å². The van der Waals surface area contributed by atoms with E-state index < -0.39 is 0 Å². The van der Waals surface area contributed by atoms with Gasteiger partial charge in [0.25, 0.3) is 0 Å². The number of aryl methyl sites for hydroxylation is 1. The Kier molecular flexibility index (Phi) is 4.15. The zero-order valence-corrected chi connectivity index (χ0v) is 11.3. The lowest BCUT2D eigenvalue weighted by molar-refractivity contribution is 0.303. The van der Waals surface area contributed by atoms with Crippen molar-refractivity contribution in [3.05, 3.63) is 59.4 Å². The van der Waals surface area contributed by atoms with Gasteiger partial charge in [-0.25, -0.2) is 0 Å². The molecule has 0 spiro atoms. The van der Waals surface area contributed by atoms with Crippen LogP contribution in [0.1, 0.15) is 16.7 Å². The Morgan fingerprint density at radius 2 is 2.06 bits per heavy atom. The number of ether oxygens (including phenoxy) is 1. The third-order valence-corrected chi connectivity index (χ3v) is 3.05. The Balaban J connectivity index is 2.07. The molecule has 0 saturated heterocycles. The molecule has 1 aromatic heterocycles. The van der Waals surface area contributed by atoms with Gasteiger partial charge in [0.05, 0.1) is 0 Å². The van der Waals surface area contributed by atoms with E-state index in [0.717, 1.165) is 27.8 Å². The largest absolute Gasteiger partial charge is 0.489 e. The van der Waals surface area contributed by atoms with E-state index in [2.05, 4.69) is 33.0 Å². The summed E-state index contributed by atoms with van der Waals surface area (Å²) in [5.41, 5.74) is 3.40. The van der Waals surface area contributed by atoms with Crippen molar-refractivity contribution >= 4 is 15.9 Å². The van der Waals surface area contributed by atoms with Crippen molar-refractivity contribution in [1.29, 1.82) is 0 Å². The lowest BCUT2D eigenvalue weighted by Gasteiger charge is -2.09. The second-order valence-corrected chi connectivity index (χ2v) is 4.46. The molecule has 0 fully saturated rings. The first-order chi connectivity index (χ1) is 8.29. The van der Waals surface area contributed by atoms with E-state index in [0.29, 0.717) is 6.61 Å². The molecule has 3 heteroatoms. The molecule has 1 heterocycles. The van der Waals surface area contributed by atoms with E-state index in [-0.39, 0.29) is 0 Å². The molecule has 17 heavy (non-hydrogen) atoms. The lowest BCUT2D eigenvalue weighted by Crippen LogP contribution is -1.98. The second kappa shape index (κ2) is 5.82. The summed E-state index contributed by atoms with van der Waals surface area (Å²) >= 11 is 3.45. The summed E-state index contributed by atoms with van der Waals surface area (Å²) in [6, 6.07) is 10.1. The molecular weight excluding hydrogens is 278 g/mol. The molecule has 0 saturated carbocycles. The zero-order chi connectivity index (χ0) is 12.1. The summed E-state index contributed by atoms with van der Waals surface area (Å²) < 4.78 is 5.80. The monoisotopic (exact) mass is 291 g/mol. The molecule has 0 N–H and O–H groups in total. The predicted molar refractivity (Wildman–Crippen MR) is 72.4 cm³/mol. The molecule has 0 aliphatic heterocycles. The number of pyridine rings is 1. The molecule has 0 aliphatic rings. The SMILES string of the molecule is Cc1cncc(COc2ccccc2CBr)c1. The van der Waals surface area contributed by atoms with Crippen LogP contribution < -0.4 is 4.74 Å². The van der Waals surface area contributed by atoms with Crippen molar-refractivity contribution < 1.29 is 4.74 Å². The van der Waals surface area contributed by atoms with Crippen molar-refractivity contribution in [3.8, 4) is 5.75 Å². The highest BCUT2D eigenvalue weighted by Gasteiger charge is 2.02. The van der Waals surface area contributed by atoms with Gasteiger partial charge in [-0.2, -0.15) is 0 Å². The number of rotatable bonds is 4. The second-order valence-electron chi connectivity index (χ2n) is 3.90. The van der Waals surface area contributed by atoms with Crippen molar-refractivity contribution in [2.24, 2.45) is 0 Å². The van der Waals surface area contributed by atoms with Crippen molar-refractivity contribution in [2.75, 3.05) is 0 Å². The smallest absolute Gasteiger partial charge is 0.123 e. The third-order valence-electron chi connectivity index (χ3n) is 2.44. The fraction of sp³-hybridized carbons (Fsp3) is 0.214. The first-order valence-electron chi connectivity index (χ1n) is 5.47. The van der Waals surface area contributed by atoms with Gasteiger partial charge < -0.3 is 4.74 Å². The average molecular weight is 292 g/mol. The van der Waals surface area contributed by atoms with E-state index in [9.17, 15) is 0 Å². The Labute approximate surface area is 110 Å². The summed E-state index contributed by atoms with van der Waals surface area (Å²) in [4.78, 5) is 4.15. The van der Waals surface area contributed by atoms with Gasteiger partial charge in [0.1, 0.15) is 12.4 Å². The maximum absolute atomic E-state index is 5.80. The molecule has 0 bridgehead atoms. The van der Waals surface area contributed by atoms with Gasteiger partial charge in [0, 0.05) is 28.9 Å². The van der Waals surface area contributed by atoms with Crippen molar-refractivity contribution in [1.82, 2.24) is 4.98 Å². The first kappa shape index (κ1) is 12.1. The molecule has 0 atom stereocenters. The normalized spacial score (nSPS) is 10.2. The molecule has 2 aromatic rings. The maximum Gasteiger partial charge on any atom is 0.123 e. The van der Waals surface area contributed by atoms with E-state index in [1.807, 2.05) is 37.5 Å². The van der Waals surface area contributed by atoms with Gasteiger partial charge in [-0.1, -0.05) is 34.1 Å². The molecule has 0 unspecified atom stereocenters. The number of alkyl halides is 1. The van der Waals surface area contributed by atoms with Gasteiger partial charge >= 0.3 is 0 Å². The van der Waals surface area contributed by atoms with Crippen LogP contribution in [0.4, 0.5) is 0 Å². The van der Waals surface area contributed by atoms with E-state index in [4.69, 9.17) is 4.74 Å². The minimum atomic E-state index is 0.554. The Bertz CT molecular complexity index is 499. The van der Waals surface area contributed by atoms with Crippen LogP contribution in [0.2, 0.25) is 0 Å². The quantitative estimate of drug-likeness (QED) is 0.798. The molecule has 2 rings (SSSR count). The van der Waals surface area contributed by atoms with Crippen LogP contribution >= 0.6 is 15.9 Å². The van der Waals surface area contributed by atoms with Gasteiger partial charge in [-0.15, -0.1) is 0 Å². The van der Waals surface area contributed by atoms with Crippen molar-refractivity contribution in [3.63, 3.8) is 0 Å². The summed E-state index contributed by atoms with van der Waals surface area (Å²) in [6.45, 7) is 2.58. The Hall–Kier alpha value is -1.35. The molecule has 2 nitrogen and oxygen atoms in total. The highest BCUT2D eigenvalue weighted by atomic mass is 79.9. The number of aromatic nitrogens is 1. The predicted octanol–water partition coefficient (Wildman–Crippen LogP) is 3.86. The zero-order valence-electron chi connectivity index (χ0n) is 9.69. The Morgan fingerprint density at radius 1 is 1.24 bits per heavy atom. The van der Waals surface area contributed by atoms with Gasteiger partial charge in [0.15, 0.2) is 0 Å². The minimum absolute atomic E-state index is 0.554. The number of benzene rings is 1. The summed E-state index contributed by atoms with van der Waals surface area (Å²) in [6.07, 6.45) is 3.68. The highest BCUT2D eigenvalue weighted by Crippen LogP contribution is 2.21. The number of hydrogen-bond donors (Lipinski definition) is 0. The first-order valence-corrected chi connectivity index (χ1v) is 6.59. The number of nitrogens with zero attached hydrogens (tertiary/aromatic N) is 1. The fourth-order valence-electron chi connectivity index (χ4n) is 1.61. The summed E-state index contributed by atoms with van der Waals surface area (Å²) in [5, 5.41) is 0.801. The molecule has 88 valence electrons. The molecule has 0 amide bonds. The van der Waals surface area contributed by atoms with Crippen LogP contribution in [-0.4, -0.2) is 4.98 Å². The minimum Gasteiger partial charge on any atom is -0.489 e. The van der Waals surface area contributed by atoms with E-state index in [1.54, 1.807) is 0 Å². The lowest BCUT2D eigenvalue weighted by atomic mass is 10.2. The number of halogens is 1. The highest BCUT2D eigenvalue weighted by molar-refractivity contribution is 9.08. The summed E-state index contributed by atoms with van der Waals surface area (Å²) in [5.74, 6) is 0.922. The molecule has 0 radical (unpaired) electrons. The van der Waals surface area contributed by atoms with Crippen molar-refractivity contribution in [2.45, 2.75) is 18.9 Å². The van der Waals surface area contributed by atoms with Crippen LogP contribution in [-0.2, 0) is 11.9 Å². The van der Waals surface area contributed by atoms with Gasteiger partial charge in [-0.05, 0) is 24.6 Å². The standard InChI is InChI=1S/C14H14BrNO/c1-11-6-12(9-16-8-11)10-17-14-5-3-2-4-13(14)7-15/h2-6,8-9H,7,10H2,1H3. The third kappa shape index (κ3) is 3.30. The van der Waals surface area contributed by atoms with Crippen LogP contribution in [0.15, 0.2) is 42.7 Å². The van der Waals surface area contributed by atoms with E-state index >= 15 is 0 Å². The summed E-state index contributed by atoms with van der Waals surface area (Å²) in [7, 11) is 0. The van der Waals surface area contributed by atoms with Crippen LogP contribution in [0.3, 0.4) is 0 Å². The van der Waals surface area contributed by atoms with Crippen LogP contribution in [0.25, 0.3) is 0 Å². The number of para-hydroxylation sites is 1. The molecular formula is C14H14BrNO. The molecule has 0 aliphatic carbocycles. The Morgan fingerprint density at radius 3 is 2.82 bits per heavy atom. The van der Waals surface area contributed by atoms with Gasteiger partial charge in [0.2, 0.25) is 0 Å². The van der Waals surface area contributed by atoms with Gasteiger partial charge in [-0.3, -0.25) is 4.98 Å². The van der Waals surface area contributed by atoms with E-state index in [1.165, 1.54) is 0 Å². The molecule has 1 aromatic carbocycles. The topological polar surface area (TPSA) is 22.1 Å². The average Bonchev–Trinajstić information content (AvgIpc) is 2.37. The number of hydrogen-bond acceptors (Lipinski definition) is 2.